The highest BCUT2D eigenvalue weighted by Gasteiger charge is 2.23. The molecule has 1 amide bonds. The summed E-state index contributed by atoms with van der Waals surface area (Å²) in [6.07, 6.45) is 2.12. The van der Waals surface area contributed by atoms with Gasteiger partial charge in [-0.3, -0.25) is 4.79 Å². The third-order valence-electron chi connectivity index (χ3n) is 5.95. The van der Waals surface area contributed by atoms with E-state index in [0.29, 0.717) is 36.0 Å². The molecule has 1 aromatic heterocycles. The zero-order valence-electron chi connectivity index (χ0n) is 21.2. The van der Waals surface area contributed by atoms with Crippen LogP contribution >= 0.6 is 0 Å². The number of hydrogen-bond donors (Lipinski definition) is 1. The lowest BCUT2D eigenvalue weighted by atomic mass is 10.1. The van der Waals surface area contributed by atoms with E-state index in [9.17, 15) is 4.79 Å². The van der Waals surface area contributed by atoms with Crippen LogP contribution in [0.15, 0.2) is 60.8 Å². The lowest BCUT2D eigenvalue weighted by Gasteiger charge is -2.36. The first-order chi connectivity index (χ1) is 17.5. The number of amides is 1. The van der Waals surface area contributed by atoms with Crippen LogP contribution in [-0.4, -0.2) is 50.4 Å². The van der Waals surface area contributed by atoms with Crippen molar-refractivity contribution in [2.75, 3.05) is 32.2 Å². The van der Waals surface area contributed by atoms with Crippen molar-refractivity contribution in [1.82, 2.24) is 10.3 Å². The van der Waals surface area contributed by atoms with Gasteiger partial charge in [-0.25, -0.2) is 4.98 Å². The fraction of sp³-hybridized carbons (Fsp3) is 0.357. The Morgan fingerprint density at radius 1 is 1.00 bits per heavy atom. The summed E-state index contributed by atoms with van der Waals surface area (Å²) < 4.78 is 22.8. The van der Waals surface area contributed by atoms with E-state index in [1.54, 1.807) is 18.3 Å². The van der Waals surface area contributed by atoms with E-state index in [1.165, 1.54) is 14.2 Å². The zero-order valence-corrected chi connectivity index (χ0v) is 21.2. The Bertz CT molecular complexity index is 1120. The van der Waals surface area contributed by atoms with Crippen molar-refractivity contribution < 1.29 is 23.7 Å². The zero-order chi connectivity index (χ0) is 25.5. The maximum Gasteiger partial charge on any atom is 0.251 e. The van der Waals surface area contributed by atoms with Gasteiger partial charge in [0.1, 0.15) is 12.4 Å². The highest BCUT2D eigenvalue weighted by atomic mass is 16.5. The van der Waals surface area contributed by atoms with Gasteiger partial charge in [-0.05, 0) is 43.2 Å². The molecule has 2 heterocycles. The monoisotopic (exact) mass is 491 g/mol. The molecule has 1 saturated heterocycles. The predicted molar refractivity (Wildman–Crippen MR) is 138 cm³/mol. The Morgan fingerprint density at radius 2 is 1.67 bits per heavy atom. The molecule has 1 aliphatic rings. The molecule has 4 rings (SSSR count). The molecule has 1 N–H and O–H groups in total. The summed E-state index contributed by atoms with van der Waals surface area (Å²) >= 11 is 0. The third kappa shape index (κ3) is 6.26. The van der Waals surface area contributed by atoms with Gasteiger partial charge < -0.3 is 29.2 Å². The van der Waals surface area contributed by atoms with Gasteiger partial charge in [0.15, 0.2) is 11.5 Å². The number of nitrogens with one attached hydrogen (secondary N) is 1. The van der Waals surface area contributed by atoms with Crippen LogP contribution in [0.2, 0.25) is 0 Å². The van der Waals surface area contributed by atoms with Crippen LogP contribution in [0.1, 0.15) is 35.3 Å². The van der Waals surface area contributed by atoms with Crippen LogP contribution < -0.4 is 24.4 Å². The second-order valence-corrected chi connectivity index (χ2v) is 8.85. The van der Waals surface area contributed by atoms with Gasteiger partial charge in [0, 0.05) is 31.4 Å². The Morgan fingerprint density at radius 3 is 2.25 bits per heavy atom. The molecule has 0 aliphatic carbocycles. The van der Waals surface area contributed by atoms with E-state index in [4.69, 9.17) is 18.9 Å². The minimum atomic E-state index is -0.249. The quantitative estimate of drug-likeness (QED) is 0.480. The predicted octanol–water partition coefficient (Wildman–Crippen LogP) is 4.22. The summed E-state index contributed by atoms with van der Waals surface area (Å²) in [5, 5.41) is 2.94. The van der Waals surface area contributed by atoms with Gasteiger partial charge in [-0.2, -0.15) is 0 Å². The lowest BCUT2D eigenvalue weighted by molar-refractivity contribution is -0.00546. The average Bonchev–Trinajstić information content (AvgIpc) is 2.90. The molecular weight excluding hydrogens is 458 g/mol. The highest BCUT2D eigenvalue weighted by molar-refractivity contribution is 5.95. The molecule has 8 nitrogen and oxygen atoms in total. The van der Waals surface area contributed by atoms with Crippen LogP contribution in [0.25, 0.3) is 0 Å². The van der Waals surface area contributed by atoms with Gasteiger partial charge in [0.25, 0.3) is 5.91 Å². The first kappa shape index (κ1) is 25.3. The topological polar surface area (TPSA) is 82.2 Å². The summed E-state index contributed by atoms with van der Waals surface area (Å²) in [5.74, 6) is 1.96. The number of carbonyl (C=O) groups excluding carboxylic acids is 1. The molecule has 2 unspecified atom stereocenters. The number of rotatable bonds is 9. The largest absolute Gasteiger partial charge is 0.493 e. The van der Waals surface area contributed by atoms with E-state index < -0.39 is 0 Å². The number of morpholine rings is 1. The standard InChI is InChI=1S/C28H33N3O5/c1-19-16-31(17-20(2)36-19)26-11-10-22(14-29-26)15-30-28(32)23-12-24(33-3)27(25(13-23)34-4)35-18-21-8-6-5-7-9-21/h5-14,19-20H,15-18H2,1-4H3,(H,30,32). The van der Waals surface area contributed by atoms with Crippen LogP contribution in [0.5, 0.6) is 17.2 Å². The normalized spacial score (nSPS) is 17.4. The minimum Gasteiger partial charge on any atom is -0.493 e. The SMILES string of the molecule is COc1cc(C(=O)NCc2ccc(N3CC(C)OC(C)C3)nc2)cc(OC)c1OCc1ccccc1. The van der Waals surface area contributed by atoms with Gasteiger partial charge in [-0.1, -0.05) is 36.4 Å². The number of aromatic nitrogens is 1. The number of hydrogen-bond acceptors (Lipinski definition) is 7. The van der Waals surface area contributed by atoms with Crippen molar-refractivity contribution in [1.29, 1.82) is 0 Å². The van der Waals surface area contributed by atoms with Crippen molar-refractivity contribution in [2.24, 2.45) is 0 Å². The molecule has 0 radical (unpaired) electrons. The Hall–Kier alpha value is -3.78. The second-order valence-electron chi connectivity index (χ2n) is 8.85. The minimum absolute atomic E-state index is 0.165. The van der Waals surface area contributed by atoms with Crippen molar-refractivity contribution in [3.05, 3.63) is 77.5 Å². The van der Waals surface area contributed by atoms with Crippen LogP contribution in [0.3, 0.4) is 0 Å². The van der Waals surface area contributed by atoms with Crippen molar-refractivity contribution in [3.8, 4) is 17.2 Å². The van der Waals surface area contributed by atoms with E-state index >= 15 is 0 Å². The van der Waals surface area contributed by atoms with Gasteiger partial charge in [0.2, 0.25) is 5.75 Å². The average molecular weight is 492 g/mol. The van der Waals surface area contributed by atoms with Gasteiger partial charge >= 0.3 is 0 Å². The molecule has 3 aromatic rings. The molecule has 0 saturated carbocycles. The van der Waals surface area contributed by atoms with E-state index in [0.717, 1.165) is 30.0 Å². The Balaban J connectivity index is 1.40. The molecule has 1 fully saturated rings. The fourth-order valence-corrected chi connectivity index (χ4v) is 4.24. The molecule has 0 spiro atoms. The number of pyridine rings is 1. The lowest BCUT2D eigenvalue weighted by Crippen LogP contribution is -2.45. The smallest absolute Gasteiger partial charge is 0.251 e. The third-order valence-corrected chi connectivity index (χ3v) is 5.95. The van der Waals surface area contributed by atoms with Gasteiger partial charge in [0.05, 0.1) is 26.4 Å². The Labute approximate surface area is 212 Å². The number of anilines is 1. The molecule has 8 heteroatoms. The molecule has 190 valence electrons. The van der Waals surface area contributed by atoms with Crippen LogP contribution in [0.4, 0.5) is 5.82 Å². The van der Waals surface area contributed by atoms with E-state index in [-0.39, 0.29) is 18.1 Å². The summed E-state index contributed by atoms with van der Waals surface area (Å²) in [7, 11) is 3.07. The molecule has 2 aromatic carbocycles. The van der Waals surface area contributed by atoms with Crippen LogP contribution in [0, 0.1) is 0 Å². The second kappa shape index (κ2) is 11.8. The fourth-order valence-electron chi connectivity index (χ4n) is 4.24. The molecular formula is C28H33N3O5. The molecule has 1 aliphatic heterocycles. The van der Waals surface area contributed by atoms with Crippen molar-refractivity contribution in [2.45, 2.75) is 39.2 Å². The number of ether oxygens (including phenoxy) is 4. The first-order valence-corrected chi connectivity index (χ1v) is 12.0. The number of carbonyl (C=O) groups is 1. The molecule has 36 heavy (non-hydrogen) atoms. The van der Waals surface area contributed by atoms with E-state index in [2.05, 4.69) is 29.0 Å². The Kier molecular flexibility index (Phi) is 8.28. The molecule has 2 atom stereocenters. The summed E-state index contributed by atoms with van der Waals surface area (Å²) in [4.78, 5) is 19.7. The number of benzene rings is 2. The van der Waals surface area contributed by atoms with Crippen molar-refractivity contribution >= 4 is 11.7 Å². The highest BCUT2D eigenvalue weighted by Crippen LogP contribution is 2.39. The number of methoxy groups -OCH3 is 2. The summed E-state index contributed by atoms with van der Waals surface area (Å²) in [6, 6.07) is 17.1. The molecule has 0 bridgehead atoms. The van der Waals surface area contributed by atoms with Gasteiger partial charge in [-0.15, -0.1) is 0 Å². The first-order valence-electron chi connectivity index (χ1n) is 12.0. The van der Waals surface area contributed by atoms with Crippen LogP contribution in [-0.2, 0) is 17.9 Å². The number of nitrogens with zero attached hydrogens (tertiary/aromatic N) is 2. The summed E-state index contributed by atoms with van der Waals surface area (Å²) in [6.45, 7) is 6.45. The maximum atomic E-state index is 12.9. The maximum absolute atomic E-state index is 12.9. The van der Waals surface area contributed by atoms with E-state index in [1.807, 2.05) is 42.5 Å². The summed E-state index contributed by atoms with van der Waals surface area (Å²) in [5.41, 5.74) is 2.33. The van der Waals surface area contributed by atoms with Crippen molar-refractivity contribution in [3.63, 3.8) is 0 Å².